The minimum absolute atomic E-state index is 0.0907. The Balaban J connectivity index is 1.58. The number of carbonyl (C=O) groups is 1. The first-order valence-electron chi connectivity index (χ1n) is 10.7. The lowest BCUT2D eigenvalue weighted by atomic mass is 9.97. The first-order valence-corrected chi connectivity index (χ1v) is 12.1. The Morgan fingerprint density at radius 3 is 2.47 bits per heavy atom. The van der Waals surface area contributed by atoms with Crippen molar-refractivity contribution in [2.24, 2.45) is 5.92 Å². The second-order valence-electron chi connectivity index (χ2n) is 8.14. The molecule has 0 aliphatic carbocycles. The van der Waals surface area contributed by atoms with Gasteiger partial charge in [0.2, 0.25) is 15.9 Å². The van der Waals surface area contributed by atoms with Gasteiger partial charge in [-0.1, -0.05) is 53.7 Å². The van der Waals surface area contributed by atoms with Gasteiger partial charge in [0.05, 0.1) is 11.6 Å². The van der Waals surface area contributed by atoms with Crippen LogP contribution in [0.15, 0.2) is 64.0 Å². The fourth-order valence-electron chi connectivity index (χ4n) is 4.35. The quantitative estimate of drug-likeness (QED) is 0.583. The summed E-state index contributed by atoms with van der Waals surface area (Å²) in [7, 11) is -2.03. The standard InChI is InChI=1S/C24H27N3O4S/c1-17-23(18(2)31-25-17)32(29,30)27-15-9-12-20(16-27)24(28)26(3)22-14-8-7-13-21(22)19-10-5-4-6-11-19/h4-8,10-11,13-14,20H,9,12,15-16H2,1-3H3. The maximum absolute atomic E-state index is 13.4. The van der Waals surface area contributed by atoms with Crippen molar-refractivity contribution in [3.63, 3.8) is 0 Å². The Bertz CT molecular complexity index is 1200. The summed E-state index contributed by atoms with van der Waals surface area (Å²) in [4.78, 5) is 15.2. The minimum Gasteiger partial charge on any atom is -0.360 e. The van der Waals surface area contributed by atoms with Crippen molar-refractivity contribution in [1.29, 1.82) is 0 Å². The molecule has 0 N–H and O–H groups in total. The van der Waals surface area contributed by atoms with Crippen molar-refractivity contribution >= 4 is 21.6 Å². The topological polar surface area (TPSA) is 83.7 Å². The summed E-state index contributed by atoms with van der Waals surface area (Å²) < 4.78 is 32.9. The molecule has 32 heavy (non-hydrogen) atoms. The van der Waals surface area contributed by atoms with Gasteiger partial charge in [-0.25, -0.2) is 8.42 Å². The van der Waals surface area contributed by atoms with Crippen LogP contribution < -0.4 is 4.90 Å². The van der Waals surface area contributed by atoms with Crippen LogP contribution in [-0.2, 0) is 14.8 Å². The predicted molar refractivity (Wildman–Crippen MR) is 123 cm³/mol. The summed E-state index contributed by atoms with van der Waals surface area (Å²) in [6, 6.07) is 17.7. The maximum atomic E-state index is 13.4. The summed E-state index contributed by atoms with van der Waals surface area (Å²) in [5, 5.41) is 3.78. The third-order valence-corrected chi connectivity index (χ3v) is 8.09. The van der Waals surface area contributed by atoms with E-state index in [4.69, 9.17) is 4.52 Å². The fourth-order valence-corrected chi connectivity index (χ4v) is 6.17. The maximum Gasteiger partial charge on any atom is 0.248 e. The summed E-state index contributed by atoms with van der Waals surface area (Å²) in [5.41, 5.74) is 3.12. The molecule has 1 aliphatic heterocycles. The summed E-state index contributed by atoms with van der Waals surface area (Å²) in [5.74, 6) is -0.246. The van der Waals surface area contributed by atoms with Crippen LogP contribution in [-0.4, -0.2) is 43.9 Å². The van der Waals surface area contributed by atoms with Gasteiger partial charge in [-0.2, -0.15) is 4.31 Å². The molecule has 1 aromatic heterocycles. The largest absolute Gasteiger partial charge is 0.360 e. The summed E-state index contributed by atoms with van der Waals surface area (Å²) in [6.07, 6.45) is 1.26. The van der Waals surface area contributed by atoms with E-state index in [0.717, 1.165) is 16.8 Å². The van der Waals surface area contributed by atoms with Crippen molar-refractivity contribution in [1.82, 2.24) is 9.46 Å². The molecule has 0 spiro atoms. The van der Waals surface area contributed by atoms with E-state index < -0.39 is 15.9 Å². The van der Waals surface area contributed by atoms with Gasteiger partial charge in [-0.3, -0.25) is 4.79 Å². The number of aryl methyl sites for hydroxylation is 2. The number of benzene rings is 2. The molecule has 1 amide bonds. The van der Waals surface area contributed by atoms with E-state index in [1.165, 1.54) is 4.31 Å². The molecule has 2 aromatic carbocycles. The number of para-hydroxylation sites is 1. The average Bonchev–Trinajstić information content (AvgIpc) is 3.17. The molecule has 0 bridgehead atoms. The molecule has 1 unspecified atom stereocenters. The van der Waals surface area contributed by atoms with Crippen LogP contribution in [0.5, 0.6) is 0 Å². The molecule has 8 heteroatoms. The molecule has 4 rings (SSSR count). The first-order chi connectivity index (χ1) is 15.3. The van der Waals surface area contributed by atoms with E-state index in [9.17, 15) is 13.2 Å². The highest BCUT2D eigenvalue weighted by Gasteiger charge is 2.37. The minimum atomic E-state index is -3.78. The Morgan fingerprint density at radius 2 is 1.78 bits per heavy atom. The molecule has 168 valence electrons. The van der Waals surface area contributed by atoms with Gasteiger partial charge in [0.15, 0.2) is 5.76 Å². The van der Waals surface area contributed by atoms with E-state index >= 15 is 0 Å². The van der Waals surface area contributed by atoms with E-state index in [0.29, 0.717) is 25.1 Å². The van der Waals surface area contributed by atoms with E-state index in [1.807, 2.05) is 54.6 Å². The number of aromatic nitrogens is 1. The third-order valence-electron chi connectivity index (χ3n) is 5.98. The highest BCUT2D eigenvalue weighted by molar-refractivity contribution is 7.89. The lowest BCUT2D eigenvalue weighted by molar-refractivity contribution is -0.123. The van der Waals surface area contributed by atoms with Gasteiger partial charge in [0.1, 0.15) is 10.6 Å². The Kier molecular flexibility index (Phi) is 6.17. The van der Waals surface area contributed by atoms with Crippen LogP contribution in [0.2, 0.25) is 0 Å². The van der Waals surface area contributed by atoms with Gasteiger partial charge in [-0.05, 0) is 38.3 Å². The number of rotatable bonds is 5. The van der Waals surface area contributed by atoms with Gasteiger partial charge >= 0.3 is 0 Å². The number of hydrogen-bond acceptors (Lipinski definition) is 5. The second-order valence-corrected chi connectivity index (χ2v) is 10.0. The van der Waals surface area contributed by atoms with Gasteiger partial charge in [-0.15, -0.1) is 0 Å². The number of sulfonamides is 1. The molecule has 1 fully saturated rings. The summed E-state index contributed by atoms with van der Waals surface area (Å²) in [6.45, 7) is 3.72. The molecule has 1 atom stereocenters. The Labute approximate surface area is 188 Å². The average molecular weight is 454 g/mol. The van der Waals surface area contributed by atoms with Crippen LogP contribution in [0, 0.1) is 19.8 Å². The van der Waals surface area contributed by atoms with Crippen molar-refractivity contribution in [2.45, 2.75) is 31.6 Å². The molecule has 7 nitrogen and oxygen atoms in total. The van der Waals surface area contributed by atoms with Crippen molar-refractivity contribution < 1.29 is 17.7 Å². The zero-order valence-corrected chi connectivity index (χ0v) is 19.3. The molecule has 2 heterocycles. The Morgan fingerprint density at radius 1 is 1.09 bits per heavy atom. The molecule has 1 saturated heterocycles. The highest BCUT2D eigenvalue weighted by atomic mass is 32.2. The smallest absolute Gasteiger partial charge is 0.248 e. The van der Waals surface area contributed by atoms with Crippen LogP contribution in [0.25, 0.3) is 11.1 Å². The number of piperidine rings is 1. The van der Waals surface area contributed by atoms with E-state index in [1.54, 1.807) is 25.8 Å². The van der Waals surface area contributed by atoms with Crippen LogP contribution in [0.3, 0.4) is 0 Å². The third kappa shape index (κ3) is 4.08. The number of anilines is 1. The first kappa shape index (κ1) is 22.2. The molecule has 0 saturated carbocycles. The van der Waals surface area contributed by atoms with Crippen LogP contribution in [0.1, 0.15) is 24.3 Å². The zero-order valence-electron chi connectivity index (χ0n) is 18.5. The van der Waals surface area contributed by atoms with E-state index in [-0.39, 0.29) is 23.1 Å². The normalized spacial score (nSPS) is 17.3. The lowest BCUT2D eigenvalue weighted by Crippen LogP contribution is -2.46. The fraction of sp³-hybridized carbons (Fsp3) is 0.333. The zero-order chi connectivity index (χ0) is 22.9. The van der Waals surface area contributed by atoms with Crippen molar-refractivity contribution in [3.05, 3.63) is 66.1 Å². The number of amides is 1. The molecule has 0 radical (unpaired) electrons. The SMILES string of the molecule is Cc1noc(C)c1S(=O)(=O)N1CCCC(C(=O)N(C)c2ccccc2-c2ccccc2)C1. The number of nitrogens with zero attached hydrogens (tertiary/aromatic N) is 3. The van der Waals surface area contributed by atoms with Gasteiger partial charge in [0, 0.05) is 25.7 Å². The van der Waals surface area contributed by atoms with Gasteiger partial charge < -0.3 is 9.42 Å². The number of hydrogen-bond donors (Lipinski definition) is 0. The molecular formula is C24H27N3O4S. The van der Waals surface area contributed by atoms with Crippen molar-refractivity contribution in [2.75, 3.05) is 25.0 Å². The highest BCUT2D eigenvalue weighted by Crippen LogP contribution is 2.33. The summed E-state index contributed by atoms with van der Waals surface area (Å²) >= 11 is 0. The van der Waals surface area contributed by atoms with Crippen molar-refractivity contribution in [3.8, 4) is 11.1 Å². The second kappa shape index (κ2) is 8.88. The van der Waals surface area contributed by atoms with Crippen LogP contribution in [0.4, 0.5) is 5.69 Å². The molecular weight excluding hydrogens is 426 g/mol. The molecule has 3 aromatic rings. The Hall–Kier alpha value is -2.97. The monoisotopic (exact) mass is 453 g/mol. The number of carbonyl (C=O) groups excluding carboxylic acids is 1. The predicted octanol–water partition coefficient (Wildman–Crippen LogP) is 4.02. The lowest BCUT2D eigenvalue weighted by Gasteiger charge is -2.33. The molecule has 1 aliphatic rings. The van der Waals surface area contributed by atoms with E-state index in [2.05, 4.69) is 5.16 Å². The van der Waals surface area contributed by atoms with Gasteiger partial charge in [0.25, 0.3) is 0 Å². The van der Waals surface area contributed by atoms with Crippen LogP contribution >= 0.6 is 0 Å².